The van der Waals surface area contributed by atoms with Crippen molar-refractivity contribution >= 4 is 94.5 Å². The summed E-state index contributed by atoms with van der Waals surface area (Å²) in [5.74, 6) is -6.86. The van der Waals surface area contributed by atoms with Gasteiger partial charge in [-0.15, -0.1) is 0 Å². The van der Waals surface area contributed by atoms with E-state index in [2.05, 4.69) is 70.1 Å². The van der Waals surface area contributed by atoms with Gasteiger partial charge in [0.15, 0.2) is 5.96 Å². The standard InChI is InChI=1S/C49H67N15O9S2/c1-5-26(2)39-47(72)64(49(73)63-39)38(23-74)46(71)57-27(3)41(66)59-36(20-30-22-53-25-56-30)45(70)60-34(18-28-12-7-6-8-13-28)43(68)58-33(16-11-17-54-48(51)52)42(67)61-35(44(69)62-37(24-75-4)40(50)65)19-29-21-55-32-15-10-9-14-31(29)32/h6-10,12-15,21-22,25-27,33-39,55,74H,5,11,16-20,23-24H2,1-4H3,(H2,50,65)(H,53,56)(H,57,71)(H,58,68)(H,59,66)(H,60,70)(H,61,67)(H,62,69)(H,63,73)(H4,51,52,54)/t26-,27+,33-,34+,35?,36-,37-,38-,39-/m0/s1. The van der Waals surface area contributed by atoms with Crippen LogP contribution in [0.5, 0.6) is 0 Å². The normalized spacial score (nSPS) is 16.4. The molecule has 2 aromatic carbocycles. The maximum Gasteiger partial charge on any atom is 0.325 e. The lowest BCUT2D eigenvalue weighted by molar-refractivity contribution is -0.137. The summed E-state index contributed by atoms with van der Waals surface area (Å²) in [6.07, 6.45) is 6.65. The number of nitrogens with zero attached hydrogens (tertiary/aromatic N) is 2. The van der Waals surface area contributed by atoms with Crippen molar-refractivity contribution in [1.29, 1.82) is 5.41 Å². The number of rotatable bonds is 29. The molecule has 404 valence electrons. The van der Waals surface area contributed by atoms with Crippen molar-refractivity contribution in [1.82, 2.24) is 62.4 Å². The van der Waals surface area contributed by atoms with Crippen molar-refractivity contribution in [3.63, 3.8) is 0 Å². The second-order valence-electron chi connectivity index (χ2n) is 18.1. The Bertz CT molecular complexity index is 2650. The van der Waals surface area contributed by atoms with Crippen LogP contribution < -0.4 is 54.0 Å². The van der Waals surface area contributed by atoms with Crippen LogP contribution in [0, 0.1) is 11.3 Å². The quantitative estimate of drug-likeness (QED) is 0.0105. The molecule has 15 N–H and O–H groups in total. The monoisotopic (exact) mass is 1070 g/mol. The molecule has 0 radical (unpaired) electrons. The number of aromatic amines is 2. The van der Waals surface area contributed by atoms with Gasteiger partial charge in [0, 0.05) is 66.3 Å². The van der Waals surface area contributed by atoms with Crippen LogP contribution in [0.4, 0.5) is 4.79 Å². The number of nitrogens with two attached hydrogens (primary N) is 2. The van der Waals surface area contributed by atoms with Crippen LogP contribution in [0.15, 0.2) is 73.3 Å². The summed E-state index contributed by atoms with van der Waals surface area (Å²) in [6, 6.07) is 5.22. The first-order valence-corrected chi connectivity index (χ1v) is 26.4. The molecular formula is C49H67N15O9S2. The molecule has 0 saturated carbocycles. The van der Waals surface area contributed by atoms with Crippen LogP contribution in [0.1, 0.15) is 56.9 Å². The summed E-state index contributed by atoms with van der Waals surface area (Å²) in [5, 5.41) is 29.8. The molecule has 1 fully saturated rings. The Morgan fingerprint density at radius 1 is 0.773 bits per heavy atom. The summed E-state index contributed by atoms with van der Waals surface area (Å²) in [4.78, 5) is 135. The fourth-order valence-corrected chi connectivity index (χ4v) is 9.16. The first-order valence-electron chi connectivity index (χ1n) is 24.3. The smallest absolute Gasteiger partial charge is 0.325 e. The van der Waals surface area contributed by atoms with Crippen molar-refractivity contribution in [2.75, 3.05) is 24.3 Å². The Kier molecular flexibility index (Phi) is 21.9. The molecule has 5 rings (SSSR count). The van der Waals surface area contributed by atoms with Crippen molar-refractivity contribution in [3.8, 4) is 0 Å². The zero-order chi connectivity index (χ0) is 54.8. The van der Waals surface area contributed by atoms with Gasteiger partial charge in [0.25, 0.3) is 5.91 Å². The van der Waals surface area contributed by atoms with Crippen LogP contribution in [-0.4, -0.2) is 152 Å². The molecule has 4 aromatic rings. The molecule has 0 spiro atoms. The number of imide groups is 1. The van der Waals surface area contributed by atoms with E-state index in [1.165, 1.54) is 31.2 Å². The highest BCUT2D eigenvalue weighted by Gasteiger charge is 2.46. The molecule has 1 aliphatic rings. The van der Waals surface area contributed by atoms with Crippen LogP contribution in [-0.2, 0) is 57.6 Å². The number of thioether (sulfide) groups is 1. The molecule has 1 aliphatic heterocycles. The van der Waals surface area contributed by atoms with Gasteiger partial charge >= 0.3 is 6.03 Å². The summed E-state index contributed by atoms with van der Waals surface area (Å²) in [7, 11) is 0. The Hall–Kier alpha value is -7.61. The van der Waals surface area contributed by atoms with E-state index in [0.717, 1.165) is 15.8 Å². The second kappa shape index (κ2) is 28.2. The number of guanidine groups is 1. The number of imidazole rings is 1. The van der Waals surface area contributed by atoms with Gasteiger partial charge in [-0.1, -0.05) is 68.8 Å². The Morgan fingerprint density at radius 3 is 1.99 bits per heavy atom. The average Bonchev–Trinajstić information content (AvgIpc) is 4.13. The molecule has 26 heteroatoms. The predicted octanol–water partition coefficient (Wildman–Crippen LogP) is -0.776. The van der Waals surface area contributed by atoms with E-state index in [1.807, 2.05) is 31.2 Å². The molecule has 3 heterocycles. The van der Waals surface area contributed by atoms with Crippen molar-refractivity contribution in [2.24, 2.45) is 17.4 Å². The number of para-hydroxylation sites is 1. The topological polar surface area (TPSA) is 373 Å². The summed E-state index contributed by atoms with van der Waals surface area (Å²) >= 11 is 5.52. The Balaban J connectivity index is 1.39. The van der Waals surface area contributed by atoms with E-state index < -0.39 is 102 Å². The van der Waals surface area contributed by atoms with Crippen LogP contribution in [0.2, 0.25) is 0 Å². The lowest BCUT2D eigenvalue weighted by Gasteiger charge is -2.28. The fourth-order valence-electron chi connectivity index (χ4n) is 8.25. The minimum atomic E-state index is -1.40. The van der Waals surface area contributed by atoms with Crippen LogP contribution in [0.25, 0.3) is 10.9 Å². The van der Waals surface area contributed by atoms with Gasteiger partial charge in [-0.2, -0.15) is 24.4 Å². The Morgan fingerprint density at radius 2 is 1.37 bits per heavy atom. The van der Waals surface area contributed by atoms with Crippen molar-refractivity contribution in [2.45, 2.75) is 108 Å². The molecule has 10 amide bonds. The maximum absolute atomic E-state index is 14.6. The lowest BCUT2D eigenvalue weighted by Crippen LogP contribution is -2.61. The molecule has 9 atom stereocenters. The third kappa shape index (κ3) is 16.4. The summed E-state index contributed by atoms with van der Waals surface area (Å²) < 4.78 is 0. The minimum absolute atomic E-state index is 0.0405. The first kappa shape index (κ1) is 58.3. The van der Waals surface area contributed by atoms with Gasteiger partial charge in [-0.3, -0.25) is 43.8 Å². The molecule has 0 bridgehead atoms. The number of amides is 10. The SMILES string of the molecule is CC[C@H](C)[C@@H]1NC(=O)N([C@@H](CS)C(=O)N[C@H](C)C(=O)N[C@@H](Cc2cnc[nH]2)C(=O)N[C@H](Cc2ccccc2)C(=O)N[C@@H](CCCNC(=N)N)C(=O)NC(Cc2c[nH]c3ccccc23)C(=O)N[C@@H](CSC)C(N)=O)C1=O. The van der Waals surface area contributed by atoms with E-state index in [0.29, 0.717) is 23.2 Å². The number of H-pyrrole nitrogens is 2. The van der Waals surface area contributed by atoms with Gasteiger partial charge < -0.3 is 64.0 Å². The second-order valence-corrected chi connectivity index (χ2v) is 19.4. The molecule has 24 nitrogen and oxygen atoms in total. The number of hydrogen-bond donors (Lipinski definition) is 14. The third-order valence-corrected chi connectivity index (χ3v) is 13.6. The average molecular weight is 1070 g/mol. The molecule has 2 aromatic heterocycles. The van der Waals surface area contributed by atoms with E-state index >= 15 is 0 Å². The molecule has 0 aliphatic carbocycles. The van der Waals surface area contributed by atoms with Gasteiger partial charge in [-0.25, -0.2) is 14.7 Å². The summed E-state index contributed by atoms with van der Waals surface area (Å²) in [6.45, 7) is 5.12. The predicted molar refractivity (Wildman–Crippen MR) is 285 cm³/mol. The molecule has 75 heavy (non-hydrogen) atoms. The number of hydrogen-bond acceptors (Lipinski definition) is 13. The number of thiol groups is 1. The van der Waals surface area contributed by atoms with E-state index in [1.54, 1.807) is 49.7 Å². The molecule has 1 unspecified atom stereocenters. The molecule has 1 saturated heterocycles. The minimum Gasteiger partial charge on any atom is -0.370 e. The van der Waals surface area contributed by atoms with Gasteiger partial charge in [0.05, 0.1) is 6.33 Å². The van der Waals surface area contributed by atoms with Gasteiger partial charge in [0.2, 0.25) is 41.4 Å². The zero-order valence-electron chi connectivity index (χ0n) is 42.1. The number of benzene rings is 2. The number of carbonyl (C=O) groups is 9. The largest absolute Gasteiger partial charge is 0.370 e. The number of fused-ring (bicyclic) bond motifs is 1. The summed E-state index contributed by atoms with van der Waals surface area (Å²) in [5.41, 5.74) is 13.6. The fraction of sp³-hybridized carbons (Fsp3) is 0.449. The number of carbonyl (C=O) groups excluding carboxylic acids is 9. The first-order chi connectivity index (χ1) is 35.8. The van der Waals surface area contributed by atoms with Gasteiger partial charge in [-0.05, 0) is 49.1 Å². The highest BCUT2D eigenvalue weighted by molar-refractivity contribution is 7.98. The van der Waals surface area contributed by atoms with Gasteiger partial charge in [0.1, 0.15) is 48.3 Å². The Labute approximate surface area is 443 Å². The van der Waals surface area contributed by atoms with Crippen molar-refractivity contribution < 1.29 is 43.2 Å². The van der Waals surface area contributed by atoms with Crippen molar-refractivity contribution in [3.05, 3.63) is 90.1 Å². The highest BCUT2D eigenvalue weighted by atomic mass is 32.2. The zero-order valence-corrected chi connectivity index (χ0v) is 43.8. The van der Waals surface area contributed by atoms with E-state index in [-0.39, 0.29) is 62.0 Å². The molecular weight excluding hydrogens is 1010 g/mol. The van der Waals surface area contributed by atoms with Crippen LogP contribution >= 0.6 is 24.4 Å². The maximum atomic E-state index is 14.6. The highest BCUT2D eigenvalue weighted by Crippen LogP contribution is 2.21. The number of aromatic nitrogens is 3. The van der Waals surface area contributed by atoms with E-state index in [9.17, 15) is 43.2 Å². The van der Waals surface area contributed by atoms with Crippen LogP contribution in [0.3, 0.4) is 0 Å². The lowest BCUT2D eigenvalue weighted by atomic mass is 9.99. The number of urea groups is 1. The van der Waals surface area contributed by atoms with E-state index in [4.69, 9.17) is 16.9 Å². The third-order valence-electron chi connectivity index (χ3n) is 12.6. The number of nitrogens with one attached hydrogen (secondary N) is 11. The number of primary amides is 1.